The molecular formula is C16H12N2O3. The predicted octanol–water partition coefficient (Wildman–Crippen LogP) is 2.27. The fourth-order valence-electron chi connectivity index (χ4n) is 1.44. The summed E-state index contributed by atoms with van der Waals surface area (Å²) in [4.78, 5) is 30.7. The number of hydrogen-bond acceptors (Lipinski definition) is 5. The van der Waals surface area contributed by atoms with Gasteiger partial charge in [0.2, 0.25) is 0 Å². The quantitative estimate of drug-likeness (QED) is 0.488. The van der Waals surface area contributed by atoms with E-state index in [0.29, 0.717) is 0 Å². The third-order valence-corrected chi connectivity index (χ3v) is 2.39. The number of esters is 2. The molecule has 0 aliphatic carbocycles. The number of carbonyl (C=O) groups is 2. The average Bonchev–Trinajstić information content (AvgIpc) is 2.53. The van der Waals surface area contributed by atoms with Crippen molar-refractivity contribution in [1.82, 2.24) is 9.97 Å². The maximum absolute atomic E-state index is 11.4. The van der Waals surface area contributed by atoms with Gasteiger partial charge < -0.3 is 4.74 Å². The lowest BCUT2D eigenvalue weighted by Crippen LogP contribution is -2.06. The molecule has 2 aromatic heterocycles. The number of carbonyl (C=O) groups excluding carboxylic acids is 2. The summed E-state index contributed by atoms with van der Waals surface area (Å²) >= 11 is 0. The first-order valence-electron chi connectivity index (χ1n) is 6.16. The molecule has 2 rings (SSSR count). The highest BCUT2D eigenvalue weighted by molar-refractivity contribution is 5.99. The molecule has 5 heteroatoms. The number of pyridine rings is 2. The molecule has 0 amide bonds. The van der Waals surface area contributed by atoms with Crippen LogP contribution in [0.3, 0.4) is 0 Å². The van der Waals surface area contributed by atoms with E-state index >= 15 is 0 Å². The summed E-state index contributed by atoms with van der Waals surface area (Å²) < 4.78 is 4.60. The Labute approximate surface area is 121 Å². The van der Waals surface area contributed by atoms with Crippen molar-refractivity contribution in [3.8, 4) is 0 Å². The minimum absolute atomic E-state index is 0.736. The maximum Gasteiger partial charge on any atom is 0.338 e. The molecule has 0 saturated heterocycles. The van der Waals surface area contributed by atoms with Crippen LogP contribution in [0, 0.1) is 0 Å². The van der Waals surface area contributed by atoms with Gasteiger partial charge in [-0.15, -0.1) is 0 Å². The van der Waals surface area contributed by atoms with Crippen molar-refractivity contribution in [1.29, 1.82) is 0 Å². The van der Waals surface area contributed by atoms with Crippen molar-refractivity contribution in [2.24, 2.45) is 0 Å². The molecule has 21 heavy (non-hydrogen) atoms. The van der Waals surface area contributed by atoms with Gasteiger partial charge in [0, 0.05) is 36.9 Å². The Morgan fingerprint density at radius 1 is 0.857 bits per heavy atom. The molecule has 0 atom stereocenters. The summed E-state index contributed by atoms with van der Waals surface area (Å²) in [5.41, 5.74) is 1.49. The molecule has 0 aliphatic heterocycles. The van der Waals surface area contributed by atoms with Gasteiger partial charge in [0.25, 0.3) is 0 Å². The van der Waals surface area contributed by atoms with E-state index in [0.717, 1.165) is 11.1 Å². The molecule has 0 unspecified atom stereocenters. The van der Waals surface area contributed by atoms with Crippen LogP contribution in [0.5, 0.6) is 0 Å². The number of aromatic nitrogens is 2. The first-order chi connectivity index (χ1) is 10.2. The topological polar surface area (TPSA) is 69.2 Å². The zero-order valence-corrected chi connectivity index (χ0v) is 11.0. The number of rotatable bonds is 4. The Hall–Kier alpha value is -3.08. The van der Waals surface area contributed by atoms with Crippen LogP contribution in [0.2, 0.25) is 0 Å². The average molecular weight is 280 g/mol. The first-order valence-corrected chi connectivity index (χ1v) is 6.16. The van der Waals surface area contributed by atoms with Gasteiger partial charge in [-0.25, -0.2) is 9.59 Å². The van der Waals surface area contributed by atoms with E-state index < -0.39 is 11.9 Å². The van der Waals surface area contributed by atoms with Gasteiger partial charge in [0.1, 0.15) is 0 Å². The van der Waals surface area contributed by atoms with E-state index in [-0.39, 0.29) is 0 Å². The number of nitrogens with zero attached hydrogens (tertiary/aromatic N) is 2. The van der Waals surface area contributed by atoms with Crippen LogP contribution < -0.4 is 0 Å². The van der Waals surface area contributed by atoms with Gasteiger partial charge in [-0.3, -0.25) is 9.97 Å². The summed E-state index contributed by atoms with van der Waals surface area (Å²) in [5, 5.41) is 0. The standard InChI is InChI=1S/C16H12N2O3/c19-15(7-5-13-3-1-9-17-11-13)21-16(20)8-6-14-4-2-10-18-12-14/h1-12H/b7-5+,8-6+. The second kappa shape index (κ2) is 7.49. The van der Waals surface area contributed by atoms with Crippen LogP contribution in [0.1, 0.15) is 11.1 Å². The molecule has 0 saturated carbocycles. The fourth-order valence-corrected chi connectivity index (χ4v) is 1.44. The zero-order chi connectivity index (χ0) is 14.9. The monoisotopic (exact) mass is 280 g/mol. The van der Waals surface area contributed by atoms with Gasteiger partial charge in [-0.2, -0.15) is 0 Å². The van der Waals surface area contributed by atoms with Crippen LogP contribution in [0.25, 0.3) is 12.2 Å². The first kappa shape index (κ1) is 14.3. The van der Waals surface area contributed by atoms with E-state index in [1.54, 1.807) is 49.1 Å². The molecular weight excluding hydrogens is 268 g/mol. The summed E-state index contributed by atoms with van der Waals surface area (Å²) in [5.74, 6) is -1.47. The van der Waals surface area contributed by atoms with Crippen molar-refractivity contribution < 1.29 is 14.3 Å². The Morgan fingerprint density at radius 2 is 1.33 bits per heavy atom. The van der Waals surface area contributed by atoms with E-state index in [2.05, 4.69) is 14.7 Å². The fraction of sp³-hybridized carbons (Fsp3) is 0. The van der Waals surface area contributed by atoms with Gasteiger partial charge in [-0.05, 0) is 35.4 Å². The summed E-state index contributed by atoms with van der Waals surface area (Å²) in [7, 11) is 0. The lowest BCUT2D eigenvalue weighted by atomic mass is 10.2. The van der Waals surface area contributed by atoms with E-state index in [4.69, 9.17) is 0 Å². The molecule has 2 heterocycles. The van der Waals surface area contributed by atoms with Gasteiger partial charge >= 0.3 is 11.9 Å². The SMILES string of the molecule is O=C(/C=C/c1cccnc1)OC(=O)/C=C/c1cccnc1. The summed E-state index contributed by atoms with van der Waals surface area (Å²) in [6, 6.07) is 7.04. The van der Waals surface area contributed by atoms with Crippen molar-refractivity contribution in [3.05, 3.63) is 72.3 Å². The van der Waals surface area contributed by atoms with E-state index in [1.807, 2.05) is 0 Å². The summed E-state index contributed by atoms with van der Waals surface area (Å²) in [6.45, 7) is 0. The smallest absolute Gasteiger partial charge is 0.338 e. The third kappa shape index (κ3) is 5.20. The number of ether oxygens (including phenoxy) is 1. The molecule has 0 bridgehead atoms. The van der Waals surface area contributed by atoms with Crippen LogP contribution in [0.15, 0.2) is 61.2 Å². The van der Waals surface area contributed by atoms with E-state index in [1.165, 1.54) is 24.3 Å². The molecule has 0 spiro atoms. The van der Waals surface area contributed by atoms with Crippen LogP contribution in [-0.2, 0) is 14.3 Å². The highest BCUT2D eigenvalue weighted by Crippen LogP contribution is 2.01. The number of hydrogen-bond donors (Lipinski definition) is 0. The Morgan fingerprint density at radius 3 is 1.71 bits per heavy atom. The van der Waals surface area contributed by atoms with Crippen molar-refractivity contribution in [2.45, 2.75) is 0 Å². The minimum atomic E-state index is -0.736. The highest BCUT2D eigenvalue weighted by atomic mass is 16.6. The zero-order valence-electron chi connectivity index (χ0n) is 11.0. The van der Waals surface area contributed by atoms with Crippen LogP contribution in [0.4, 0.5) is 0 Å². The van der Waals surface area contributed by atoms with Crippen molar-refractivity contribution >= 4 is 24.1 Å². The van der Waals surface area contributed by atoms with Crippen LogP contribution in [-0.4, -0.2) is 21.9 Å². The molecule has 0 fully saturated rings. The molecule has 0 radical (unpaired) electrons. The minimum Gasteiger partial charge on any atom is -0.387 e. The largest absolute Gasteiger partial charge is 0.387 e. The van der Waals surface area contributed by atoms with Crippen molar-refractivity contribution in [2.75, 3.05) is 0 Å². The Balaban J connectivity index is 1.87. The van der Waals surface area contributed by atoms with Gasteiger partial charge in [-0.1, -0.05) is 12.1 Å². The Kier molecular flexibility index (Phi) is 5.11. The molecule has 2 aromatic rings. The second-order valence-corrected chi connectivity index (χ2v) is 3.98. The predicted molar refractivity (Wildman–Crippen MR) is 77.6 cm³/mol. The molecule has 0 N–H and O–H groups in total. The lowest BCUT2D eigenvalue weighted by Gasteiger charge is -1.95. The van der Waals surface area contributed by atoms with E-state index in [9.17, 15) is 9.59 Å². The molecule has 5 nitrogen and oxygen atoms in total. The van der Waals surface area contributed by atoms with Crippen molar-refractivity contribution in [3.63, 3.8) is 0 Å². The summed E-state index contributed by atoms with van der Waals surface area (Å²) in [6.07, 6.45) is 11.8. The lowest BCUT2D eigenvalue weighted by molar-refractivity contribution is -0.152. The molecule has 0 aromatic carbocycles. The third-order valence-electron chi connectivity index (χ3n) is 2.39. The van der Waals surface area contributed by atoms with Crippen LogP contribution >= 0.6 is 0 Å². The van der Waals surface area contributed by atoms with Gasteiger partial charge in [0.15, 0.2) is 0 Å². The normalized spacial score (nSPS) is 10.9. The maximum atomic E-state index is 11.4. The molecule has 0 aliphatic rings. The Bertz CT molecular complexity index is 605. The van der Waals surface area contributed by atoms with Gasteiger partial charge in [0.05, 0.1) is 0 Å². The molecule has 104 valence electrons. The second-order valence-electron chi connectivity index (χ2n) is 3.98. The highest BCUT2D eigenvalue weighted by Gasteiger charge is 2.03.